The Morgan fingerprint density at radius 3 is 2.71 bits per heavy atom. The molecule has 1 nitrogen and oxygen atoms in total. The van der Waals surface area contributed by atoms with Gasteiger partial charge in [0.2, 0.25) is 0 Å². The summed E-state index contributed by atoms with van der Waals surface area (Å²) < 4.78 is 11.4. The third kappa shape index (κ3) is 3.16. The van der Waals surface area contributed by atoms with Crippen LogP contribution < -0.4 is 0 Å². The summed E-state index contributed by atoms with van der Waals surface area (Å²) in [6.45, 7) is 2.84. The SMILES string of the molecule is C=C(C=NC)CF. The average Bonchev–Trinajstić information content (AvgIpc) is 1.68. The maximum Gasteiger partial charge on any atom is 0.115 e. The number of halogens is 1. The van der Waals surface area contributed by atoms with Crippen molar-refractivity contribution in [2.45, 2.75) is 0 Å². The Labute approximate surface area is 42.6 Å². The molecule has 0 aliphatic carbocycles. The minimum atomic E-state index is -0.503. The average molecular weight is 101 g/mol. The molecule has 0 amide bonds. The number of aliphatic imine (C=N–C) groups is 1. The van der Waals surface area contributed by atoms with Crippen LogP contribution in [0.3, 0.4) is 0 Å². The minimum Gasteiger partial charge on any atom is -0.296 e. The molecule has 40 valence electrons. The molecule has 0 bridgehead atoms. The third-order valence-electron chi connectivity index (χ3n) is 0.483. The fraction of sp³-hybridized carbons (Fsp3) is 0.400. The maximum atomic E-state index is 11.4. The summed E-state index contributed by atoms with van der Waals surface area (Å²) in [6.07, 6.45) is 1.40. The molecular weight excluding hydrogens is 93.1 g/mol. The summed E-state index contributed by atoms with van der Waals surface area (Å²) in [5.41, 5.74) is 0.419. The van der Waals surface area contributed by atoms with E-state index in [-0.39, 0.29) is 0 Å². The first-order chi connectivity index (χ1) is 3.31. The van der Waals surface area contributed by atoms with E-state index in [9.17, 15) is 4.39 Å². The van der Waals surface area contributed by atoms with Crippen molar-refractivity contribution in [2.24, 2.45) is 4.99 Å². The zero-order valence-electron chi connectivity index (χ0n) is 4.32. The van der Waals surface area contributed by atoms with Gasteiger partial charge in [-0.15, -0.1) is 0 Å². The number of hydrogen-bond acceptors (Lipinski definition) is 1. The molecule has 0 heterocycles. The third-order valence-corrected chi connectivity index (χ3v) is 0.483. The van der Waals surface area contributed by atoms with Crippen molar-refractivity contribution in [3.8, 4) is 0 Å². The van der Waals surface area contributed by atoms with E-state index in [1.165, 1.54) is 6.21 Å². The van der Waals surface area contributed by atoms with Gasteiger partial charge in [-0.1, -0.05) is 6.58 Å². The van der Waals surface area contributed by atoms with Crippen LogP contribution in [0.5, 0.6) is 0 Å². The summed E-state index contributed by atoms with van der Waals surface area (Å²) >= 11 is 0. The fourth-order valence-corrected chi connectivity index (χ4v) is 0.217. The van der Waals surface area contributed by atoms with Crippen LogP contribution in [0.1, 0.15) is 0 Å². The number of alkyl halides is 1. The molecule has 0 aromatic heterocycles. The molecule has 0 unspecified atom stereocenters. The molecule has 0 fully saturated rings. The molecule has 0 spiro atoms. The molecule has 0 atom stereocenters. The molecule has 0 saturated heterocycles. The van der Waals surface area contributed by atoms with Gasteiger partial charge in [0.1, 0.15) is 6.67 Å². The first-order valence-corrected chi connectivity index (χ1v) is 1.97. The Balaban J connectivity index is 3.37. The van der Waals surface area contributed by atoms with Gasteiger partial charge in [-0.05, 0) is 5.57 Å². The van der Waals surface area contributed by atoms with Gasteiger partial charge >= 0.3 is 0 Å². The van der Waals surface area contributed by atoms with E-state index < -0.39 is 6.67 Å². The van der Waals surface area contributed by atoms with Crippen LogP contribution in [0.25, 0.3) is 0 Å². The summed E-state index contributed by atoms with van der Waals surface area (Å²) in [6, 6.07) is 0. The van der Waals surface area contributed by atoms with Gasteiger partial charge in [0.05, 0.1) is 0 Å². The molecule has 0 aliphatic heterocycles. The lowest BCUT2D eigenvalue weighted by Crippen LogP contribution is -1.81. The van der Waals surface area contributed by atoms with Gasteiger partial charge in [-0.25, -0.2) is 4.39 Å². The van der Waals surface area contributed by atoms with E-state index in [0.717, 1.165) is 0 Å². The fourth-order valence-electron chi connectivity index (χ4n) is 0.217. The zero-order chi connectivity index (χ0) is 5.70. The molecule has 0 saturated carbocycles. The summed E-state index contributed by atoms with van der Waals surface area (Å²) in [5, 5.41) is 0. The van der Waals surface area contributed by atoms with E-state index in [0.29, 0.717) is 5.57 Å². The topological polar surface area (TPSA) is 12.4 Å². The second-order valence-electron chi connectivity index (χ2n) is 1.18. The van der Waals surface area contributed by atoms with Crippen LogP contribution in [0, 0.1) is 0 Å². The van der Waals surface area contributed by atoms with Crippen LogP contribution in [0.4, 0.5) is 4.39 Å². The highest BCUT2D eigenvalue weighted by Gasteiger charge is 1.80. The van der Waals surface area contributed by atoms with Crippen molar-refractivity contribution < 1.29 is 4.39 Å². The molecule has 0 aromatic rings. The summed E-state index contributed by atoms with van der Waals surface area (Å²) in [4.78, 5) is 3.54. The lowest BCUT2D eigenvalue weighted by molar-refractivity contribution is 0.555. The van der Waals surface area contributed by atoms with Crippen molar-refractivity contribution in [1.29, 1.82) is 0 Å². The highest BCUT2D eigenvalue weighted by Crippen LogP contribution is 1.82. The molecule has 0 N–H and O–H groups in total. The smallest absolute Gasteiger partial charge is 0.115 e. The molecule has 0 radical (unpaired) electrons. The van der Waals surface area contributed by atoms with Gasteiger partial charge in [0.25, 0.3) is 0 Å². The molecular formula is C5H8FN. The van der Waals surface area contributed by atoms with Crippen LogP contribution in [0.15, 0.2) is 17.1 Å². The molecule has 0 aliphatic rings. The normalized spacial score (nSPS) is 10.0. The Morgan fingerprint density at radius 2 is 2.57 bits per heavy atom. The van der Waals surface area contributed by atoms with Gasteiger partial charge in [0.15, 0.2) is 0 Å². The molecule has 0 rings (SSSR count). The minimum absolute atomic E-state index is 0.419. The van der Waals surface area contributed by atoms with Crippen molar-refractivity contribution >= 4 is 6.21 Å². The highest BCUT2D eigenvalue weighted by atomic mass is 19.1. The van der Waals surface area contributed by atoms with Gasteiger partial charge in [-0.3, -0.25) is 4.99 Å². The predicted octanol–water partition coefficient (Wildman–Crippen LogP) is 1.21. The predicted molar refractivity (Wildman–Crippen MR) is 29.5 cm³/mol. The van der Waals surface area contributed by atoms with E-state index in [1.54, 1.807) is 7.05 Å². The number of allylic oxidation sites excluding steroid dienone is 1. The number of rotatable bonds is 2. The maximum absolute atomic E-state index is 11.4. The van der Waals surface area contributed by atoms with E-state index in [4.69, 9.17) is 0 Å². The largest absolute Gasteiger partial charge is 0.296 e. The van der Waals surface area contributed by atoms with Crippen molar-refractivity contribution in [3.05, 3.63) is 12.2 Å². The van der Waals surface area contributed by atoms with E-state index in [1.807, 2.05) is 0 Å². The number of nitrogens with zero attached hydrogens (tertiary/aromatic N) is 1. The Bertz CT molecular complexity index is 86.1. The first kappa shape index (κ1) is 6.34. The monoisotopic (exact) mass is 101 g/mol. The van der Waals surface area contributed by atoms with Crippen molar-refractivity contribution in [2.75, 3.05) is 13.7 Å². The Morgan fingerprint density at radius 1 is 2.00 bits per heavy atom. The first-order valence-electron chi connectivity index (χ1n) is 1.97. The van der Waals surface area contributed by atoms with E-state index >= 15 is 0 Å². The van der Waals surface area contributed by atoms with Gasteiger partial charge in [-0.2, -0.15) is 0 Å². The molecule has 0 aromatic carbocycles. The lowest BCUT2D eigenvalue weighted by Gasteiger charge is -1.82. The Hall–Kier alpha value is -0.660. The van der Waals surface area contributed by atoms with E-state index in [2.05, 4.69) is 11.6 Å². The summed E-state index contributed by atoms with van der Waals surface area (Å²) in [7, 11) is 1.58. The van der Waals surface area contributed by atoms with Gasteiger partial charge < -0.3 is 0 Å². The van der Waals surface area contributed by atoms with Crippen molar-refractivity contribution in [1.82, 2.24) is 0 Å². The summed E-state index contributed by atoms with van der Waals surface area (Å²) in [5.74, 6) is 0. The molecule has 2 heteroatoms. The lowest BCUT2D eigenvalue weighted by atomic mass is 10.4. The van der Waals surface area contributed by atoms with Crippen LogP contribution in [-0.4, -0.2) is 19.9 Å². The van der Waals surface area contributed by atoms with Crippen LogP contribution in [-0.2, 0) is 0 Å². The second kappa shape index (κ2) is 3.53. The van der Waals surface area contributed by atoms with Crippen LogP contribution in [0.2, 0.25) is 0 Å². The number of hydrogen-bond donors (Lipinski definition) is 0. The Kier molecular flexibility index (Phi) is 3.19. The highest BCUT2D eigenvalue weighted by molar-refractivity contribution is 5.77. The quantitative estimate of drug-likeness (QED) is 0.463. The second-order valence-corrected chi connectivity index (χ2v) is 1.18. The standard InChI is InChI=1S/C5H8FN/c1-5(3-6)4-7-2/h4H,1,3H2,2H3. The van der Waals surface area contributed by atoms with Crippen LogP contribution >= 0.6 is 0 Å². The molecule has 7 heavy (non-hydrogen) atoms. The zero-order valence-corrected chi connectivity index (χ0v) is 4.32. The van der Waals surface area contributed by atoms with Gasteiger partial charge in [0, 0.05) is 13.3 Å². The van der Waals surface area contributed by atoms with Crippen molar-refractivity contribution in [3.63, 3.8) is 0 Å².